The lowest BCUT2D eigenvalue weighted by Gasteiger charge is -2.07. The summed E-state index contributed by atoms with van der Waals surface area (Å²) >= 11 is 0. The normalized spacial score (nSPS) is 12.2. The number of nitrogens with zero attached hydrogens (tertiary/aromatic N) is 1. The monoisotopic (exact) mass is 229 g/mol. The molecule has 0 radical (unpaired) electrons. The minimum atomic E-state index is -0.248. The molecule has 0 unspecified atom stereocenters. The lowest BCUT2D eigenvalue weighted by Crippen LogP contribution is -1.93. The molecule has 1 aromatic carbocycles. The van der Waals surface area contributed by atoms with Crippen molar-refractivity contribution in [3.63, 3.8) is 0 Å². The smallest absolute Gasteiger partial charge is 0.150 e. The average molecular weight is 229 g/mol. The Kier molecular flexibility index (Phi) is 2.97. The standard InChI is InChI=1S/C15H16FN/c1-5-9(2)12-7-13-6-10(3)11(4)17-15(13)14(16)8-12/h5-8H,1-4H3. The van der Waals surface area contributed by atoms with Gasteiger partial charge in [0.25, 0.3) is 0 Å². The Morgan fingerprint density at radius 3 is 2.59 bits per heavy atom. The Balaban J connectivity index is 2.78. The Labute approximate surface area is 101 Å². The van der Waals surface area contributed by atoms with Crippen molar-refractivity contribution in [2.45, 2.75) is 27.7 Å². The van der Waals surface area contributed by atoms with Crippen LogP contribution in [0, 0.1) is 19.7 Å². The number of rotatable bonds is 1. The predicted molar refractivity (Wildman–Crippen MR) is 70.5 cm³/mol. The molecule has 2 aromatic rings. The van der Waals surface area contributed by atoms with Crippen LogP contribution in [0.15, 0.2) is 24.3 Å². The number of hydrogen-bond acceptors (Lipinski definition) is 1. The van der Waals surface area contributed by atoms with Gasteiger partial charge >= 0.3 is 0 Å². The molecular formula is C15H16FN. The van der Waals surface area contributed by atoms with Crippen LogP contribution in [-0.2, 0) is 0 Å². The molecule has 0 aliphatic heterocycles. The molecule has 0 atom stereocenters. The van der Waals surface area contributed by atoms with Gasteiger partial charge in [0.2, 0.25) is 0 Å². The van der Waals surface area contributed by atoms with Gasteiger partial charge in [-0.2, -0.15) is 0 Å². The molecule has 0 N–H and O–H groups in total. The van der Waals surface area contributed by atoms with E-state index in [1.54, 1.807) is 6.07 Å². The first kappa shape index (κ1) is 11.8. The Bertz CT molecular complexity index is 612. The lowest BCUT2D eigenvalue weighted by molar-refractivity contribution is 0.636. The molecule has 2 rings (SSSR count). The second-order valence-corrected chi connectivity index (χ2v) is 4.39. The van der Waals surface area contributed by atoms with E-state index in [1.165, 1.54) is 0 Å². The molecule has 1 aromatic heterocycles. The van der Waals surface area contributed by atoms with Gasteiger partial charge in [0.15, 0.2) is 0 Å². The molecule has 0 aliphatic carbocycles. The first-order valence-corrected chi connectivity index (χ1v) is 5.73. The van der Waals surface area contributed by atoms with E-state index in [1.807, 2.05) is 45.9 Å². The van der Waals surface area contributed by atoms with Crippen LogP contribution in [0.3, 0.4) is 0 Å². The average Bonchev–Trinajstić information content (AvgIpc) is 2.30. The van der Waals surface area contributed by atoms with Crippen molar-refractivity contribution >= 4 is 16.5 Å². The number of halogens is 1. The van der Waals surface area contributed by atoms with Crippen LogP contribution in [0.4, 0.5) is 4.39 Å². The lowest BCUT2D eigenvalue weighted by atomic mass is 10.0. The molecule has 1 nitrogen and oxygen atoms in total. The summed E-state index contributed by atoms with van der Waals surface area (Å²) in [6.45, 7) is 7.83. The summed E-state index contributed by atoms with van der Waals surface area (Å²) in [6, 6.07) is 5.54. The third kappa shape index (κ3) is 2.07. The zero-order valence-electron chi connectivity index (χ0n) is 10.6. The number of pyridine rings is 1. The second kappa shape index (κ2) is 4.28. The summed E-state index contributed by atoms with van der Waals surface area (Å²) in [4.78, 5) is 4.31. The second-order valence-electron chi connectivity index (χ2n) is 4.39. The van der Waals surface area contributed by atoms with E-state index < -0.39 is 0 Å². The van der Waals surface area contributed by atoms with Gasteiger partial charge in [-0.25, -0.2) is 9.37 Å². The first-order chi connectivity index (χ1) is 8.02. The molecule has 0 saturated carbocycles. The van der Waals surface area contributed by atoms with Crippen molar-refractivity contribution in [1.29, 1.82) is 0 Å². The molecule has 0 fully saturated rings. The van der Waals surface area contributed by atoms with Gasteiger partial charge in [-0.1, -0.05) is 6.08 Å². The maximum Gasteiger partial charge on any atom is 0.150 e. The number of aryl methyl sites for hydroxylation is 2. The van der Waals surface area contributed by atoms with Crippen molar-refractivity contribution in [3.8, 4) is 0 Å². The summed E-state index contributed by atoms with van der Waals surface area (Å²) in [7, 11) is 0. The maximum absolute atomic E-state index is 14.0. The fraction of sp³-hybridized carbons (Fsp3) is 0.267. The molecular weight excluding hydrogens is 213 g/mol. The van der Waals surface area contributed by atoms with E-state index in [2.05, 4.69) is 4.98 Å². The van der Waals surface area contributed by atoms with E-state index in [9.17, 15) is 4.39 Å². The first-order valence-electron chi connectivity index (χ1n) is 5.73. The summed E-state index contributed by atoms with van der Waals surface area (Å²) in [5.74, 6) is -0.248. The summed E-state index contributed by atoms with van der Waals surface area (Å²) in [5, 5.41) is 0.865. The quantitative estimate of drug-likeness (QED) is 0.705. The molecule has 0 aliphatic rings. The Morgan fingerprint density at radius 1 is 1.24 bits per heavy atom. The SMILES string of the molecule is CC=C(C)c1cc(F)c2nc(C)c(C)cc2c1. The molecule has 0 amide bonds. The Hall–Kier alpha value is -1.70. The zero-order chi connectivity index (χ0) is 12.6. The van der Waals surface area contributed by atoms with Crippen LogP contribution in [0.1, 0.15) is 30.7 Å². The van der Waals surface area contributed by atoms with Gasteiger partial charge < -0.3 is 0 Å². The topological polar surface area (TPSA) is 12.9 Å². The third-order valence-electron chi connectivity index (χ3n) is 3.20. The van der Waals surface area contributed by atoms with E-state index in [0.29, 0.717) is 5.52 Å². The van der Waals surface area contributed by atoms with Gasteiger partial charge in [0.05, 0.1) is 0 Å². The number of allylic oxidation sites excluding steroid dienone is 2. The molecule has 2 heteroatoms. The van der Waals surface area contributed by atoms with Crippen molar-refractivity contribution in [1.82, 2.24) is 4.98 Å². The molecule has 0 spiro atoms. The van der Waals surface area contributed by atoms with Gasteiger partial charge in [-0.15, -0.1) is 0 Å². The minimum Gasteiger partial charge on any atom is -0.250 e. The van der Waals surface area contributed by atoms with Crippen LogP contribution in [-0.4, -0.2) is 4.98 Å². The fourth-order valence-corrected chi connectivity index (χ4v) is 1.84. The van der Waals surface area contributed by atoms with Crippen molar-refractivity contribution in [2.75, 3.05) is 0 Å². The predicted octanol–water partition coefficient (Wildman–Crippen LogP) is 4.41. The highest BCUT2D eigenvalue weighted by Crippen LogP contribution is 2.24. The molecule has 88 valence electrons. The van der Waals surface area contributed by atoms with Crippen LogP contribution in [0.5, 0.6) is 0 Å². The molecule has 0 bridgehead atoms. The van der Waals surface area contributed by atoms with Crippen molar-refractivity contribution in [2.24, 2.45) is 0 Å². The number of fused-ring (bicyclic) bond motifs is 1. The number of hydrogen-bond donors (Lipinski definition) is 0. The molecule has 17 heavy (non-hydrogen) atoms. The van der Waals surface area contributed by atoms with Gasteiger partial charge in [0.1, 0.15) is 11.3 Å². The van der Waals surface area contributed by atoms with Crippen LogP contribution in [0.25, 0.3) is 16.5 Å². The van der Waals surface area contributed by atoms with E-state index in [0.717, 1.165) is 27.8 Å². The van der Waals surface area contributed by atoms with Crippen molar-refractivity contribution in [3.05, 3.63) is 46.9 Å². The van der Waals surface area contributed by atoms with Crippen LogP contribution in [0.2, 0.25) is 0 Å². The molecule has 0 saturated heterocycles. The Morgan fingerprint density at radius 2 is 1.94 bits per heavy atom. The van der Waals surface area contributed by atoms with Gasteiger partial charge in [0, 0.05) is 11.1 Å². The van der Waals surface area contributed by atoms with Crippen LogP contribution >= 0.6 is 0 Å². The summed E-state index contributed by atoms with van der Waals surface area (Å²) in [5.41, 5.74) is 4.42. The third-order valence-corrected chi connectivity index (χ3v) is 3.20. The highest BCUT2D eigenvalue weighted by molar-refractivity contribution is 5.84. The van der Waals surface area contributed by atoms with Gasteiger partial charge in [-0.05, 0) is 62.6 Å². The number of aromatic nitrogens is 1. The van der Waals surface area contributed by atoms with Crippen LogP contribution < -0.4 is 0 Å². The molecule has 1 heterocycles. The summed E-state index contributed by atoms with van der Waals surface area (Å²) < 4.78 is 14.0. The highest BCUT2D eigenvalue weighted by Gasteiger charge is 2.08. The van der Waals surface area contributed by atoms with Crippen molar-refractivity contribution < 1.29 is 4.39 Å². The number of benzene rings is 1. The minimum absolute atomic E-state index is 0.248. The fourth-order valence-electron chi connectivity index (χ4n) is 1.84. The van der Waals surface area contributed by atoms with E-state index in [-0.39, 0.29) is 5.82 Å². The largest absolute Gasteiger partial charge is 0.250 e. The zero-order valence-corrected chi connectivity index (χ0v) is 10.6. The maximum atomic E-state index is 14.0. The summed E-state index contributed by atoms with van der Waals surface area (Å²) in [6.07, 6.45) is 1.98. The van der Waals surface area contributed by atoms with E-state index in [4.69, 9.17) is 0 Å². The highest BCUT2D eigenvalue weighted by atomic mass is 19.1. The van der Waals surface area contributed by atoms with E-state index >= 15 is 0 Å². The van der Waals surface area contributed by atoms with Gasteiger partial charge in [-0.3, -0.25) is 0 Å².